The number of para-hydroxylation sites is 1. The van der Waals surface area contributed by atoms with E-state index in [4.69, 9.17) is 0 Å². The van der Waals surface area contributed by atoms with Crippen LogP contribution >= 0.6 is 0 Å². The topological polar surface area (TPSA) is 40.5 Å². The summed E-state index contributed by atoms with van der Waals surface area (Å²) in [5.41, 5.74) is 1.19. The molecule has 1 aliphatic carbocycles. The fourth-order valence-corrected chi connectivity index (χ4v) is 2.95. The van der Waals surface area contributed by atoms with E-state index in [2.05, 4.69) is 0 Å². The van der Waals surface area contributed by atoms with E-state index in [0.717, 1.165) is 18.4 Å². The van der Waals surface area contributed by atoms with Crippen LogP contribution in [0.2, 0.25) is 0 Å². The molecule has 0 heterocycles. The van der Waals surface area contributed by atoms with Gasteiger partial charge < -0.3 is 10.0 Å². The average Bonchev–Trinajstić information content (AvgIpc) is 2.44. The van der Waals surface area contributed by atoms with E-state index in [-0.39, 0.29) is 11.7 Å². The van der Waals surface area contributed by atoms with Crippen molar-refractivity contribution in [2.24, 2.45) is 0 Å². The molecule has 1 saturated carbocycles. The number of hydrogen-bond acceptors (Lipinski definition) is 2. The molecule has 0 bridgehead atoms. The van der Waals surface area contributed by atoms with Gasteiger partial charge in [-0.1, -0.05) is 31.4 Å². The fraction of sp³-hybridized carbons (Fsp3) is 0.562. The van der Waals surface area contributed by atoms with Gasteiger partial charge in [-0.3, -0.25) is 4.79 Å². The molecule has 1 aromatic rings. The molecule has 19 heavy (non-hydrogen) atoms. The van der Waals surface area contributed by atoms with E-state index in [1.807, 2.05) is 30.9 Å². The second-order valence-electron chi connectivity index (χ2n) is 5.35. The Kier molecular flexibility index (Phi) is 4.46. The van der Waals surface area contributed by atoms with Crippen LogP contribution < -0.4 is 0 Å². The minimum atomic E-state index is -0.0319. The van der Waals surface area contributed by atoms with Crippen LogP contribution in [0.25, 0.3) is 0 Å². The number of nitrogens with zero attached hydrogens (tertiary/aromatic N) is 1. The molecule has 0 radical (unpaired) electrons. The zero-order valence-corrected chi connectivity index (χ0v) is 11.9. The molecule has 1 fully saturated rings. The van der Waals surface area contributed by atoms with Crippen LogP contribution in [0.15, 0.2) is 18.2 Å². The van der Waals surface area contributed by atoms with Crippen molar-refractivity contribution in [2.45, 2.75) is 52.0 Å². The van der Waals surface area contributed by atoms with Gasteiger partial charge in [0, 0.05) is 12.6 Å². The van der Waals surface area contributed by atoms with Crippen molar-refractivity contribution in [3.05, 3.63) is 29.3 Å². The van der Waals surface area contributed by atoms with Gasteiger partial charge in [-0.25, -0.2) is 0 Å². The minimum absolute atomic E-state index is 0.0319. The molecule has 1 N–H and O–H groups in total. The van der Waals surface area contributed by atoms with Crippen molar-refractivity contribution in [1.29, 1.82) is 0 Å². The van der Waals surface area contributed by atoms with Crippen LogP contribution in [0.1, 0.15) is 54.9 Å². The normalized spacial score (nSPS) is 16.3. The third-order valence-electron chi connectivity index (χ3n) is 4.09. The van der Waals surface area contributed by atoms with E-state index in [9.17, 15) is 9.90 Å². The molecule has 0 spiro atoms. The predicted molar refractivity (Wildman–Crippen MR) is 76.4 cm³/mol. The van der Waals surface area contributed by atoms with Crippen molar-refractivity contribution >= 4 is 5.91 Å². The Labute approximate surface area is 115 Å². The average molecular weight is 261 g/mol. The molecule has 0 saturated heterocycles. The number of phenols is 1. The van der Waals surface area contributed by atoms with E-state index in [0.29, 0.717) is 18.2 Å². The highest BCUT2D eigenvalue weighted by Gasteiger charge is 2.26. The van der Waals surface area contributed by atoms with Crippen molar-refractivity contribution in [3.63, 3.8) is 0 Å². The number of aromatic hydroxyl groups is 1. The van der Waals surface area contributed by atoms with Crippen molar-refractivity contribution in [1.82, 2.24) is 4.90 Å². The summed E-state index contributed by atoms with van der Waals surface area (Å²) in [6, 6.07) is 5.71. The quantitative estimate of drug-likeness (QED) is 0.904. The van der Waals surface area contributed by atoms with Gasteiger partial charge in [0.05, 0.1) is 5.56 Å². The lowest BCUT2D eigenvalue weighted by Crippen LogP contribution is -2.41. The zero-order chi connectivity index (χ0) is 13.8. The molecule has 104 valence electrons. The Balaban J connectivity index is 2.22. The number of carbonyl (C=O) groups excluding carboxylic acids is 1. The molecule has 1 aromatic carbocycles. The van der Waals surface area contributed by atoms with Crippen LogP contribution in [0, 0.1) is 6.92 Å². The monoisotopic (exact) mass is 261 g/mol. The van der Waals surface area contributed by atoms with Gasteiger partial charge in [-0.05, 0) is 38.3 Å². The molecular weight excluding hydrogens is 238 g/mol. The summed E-state index contributed by atoms with van der Waals surface area (Å²) in [4.78, 5) is 14.5. The van der Waals surface area contributed by atoms with Crippen molar-refractivity contribution < 1.29 is 9.90 Å². The van der Waals surface area contributed by atoms with Gasteiger partial charge in [0.2, 0.25) is 0 Å². The van der Waals surface area contributed by atoms with Gasteiger partial charge in [0.25, 0.3) is 5.91 Å². The number of hydrogen-bond donors (Lipinski definition) is 1. The van der Waals surface area contributed by atoms with Crippen LogP contribution in [-0.2, 0) is 0 Å². The Morgan fingerprint density at radius 2 is 2.00 bits per heavy atom. The second-order valence-corrected chi connectivity index (χ2v) is 5.35. The summed E-state index contributed by atoms with van der Waals surface area (Å²) in [5.74, 6) is 0.0948. The molecule has 1 amide bonds. The molecule has 0 unspecified atom stereocenters. The summed E-state index contributed by atoms with van der Waals surface area (Å²) in [5, 5.41) is 10.1. The molecule has 0 aromatic heterocycles. The van der Waals surface area contributed by atoms with Crippen LogP contribution in [0.5, 0.6) is 5.75 Å². The first-order valence-corrected chi connectivity index (χ1v) is 7.24. The molecule has 1 aliphatic rings. The highest BCUT2D eigenvalue weighted by Crippen LogP contribution is 2.27. The first-order valence-electron chi connectivity index (χ1n) is 7.24. The zero-order valence-electron chi connectivity index (χ0n) is 11.9. The fourth-order valence-electron chi connectivity index (χ4n) is 2.95. The van der Waals surface area contributed by atoms with Gasteiger partial charge in [0.1, 0.15) is 5.75 Å². The largest absolute Gasteiger partial charge is 0.507 e. The molecule has 3 nitrogen and oxygen atoms in total. The summed E-state index contributed by atoms with van der Waals surface area (Å²) >= 11 is 0. The number of benzene rings is 1. The van der Waals surface area contributed by atoms with Gasteiger partial charge >= 0.3 is 0 Å². The van der Waals surface area contributed by atoms with Crippen molar-refractivity contribution in [3.8, 4) is 5.75 Å². The lowest BCUT2D eigenvalue weighted by molar-refractivity contribution is 0.0645. The number of rotatable bonds is 3. The van der Waals surface area contributed by atoms with E-state index < -0.39 is 0 Å². The Morgan fingerprint density at radius 1 is 1.32 bits per heavy atom. The number of phenolic OH excluding ortho intramolecular Hbond substituents is 1. The number of aryl methyl sites for hydroxylation is 1. The van der Waals surface area contributed by atoms with Crippen molar-refractivity contribution in [2.75, 3.05) is 6.54 Å². The molecule has 0 aliphatic heterocycles. The molecular formula is C16H23NO2. The molecule has 0 atom stereocenters. The highest BCUT2D eigenvalue weighted by atomic mass is 16.3. The van der Waals surface area contributed by atoms with E-state index >= 15 is 0 Å². The predicted octanol–water partition coefficient (Wildman–Crippen LogP) is 3.50. The van der Waals surface area contributed by atoms with Gasteiger partial charge in [-0.15, -0.1) is 0 Å². The number of amides is 1. The van der Waals surface area contributed by atoms with Crippen LogP contribution in [0.4, 0.5) is 0 Å². The lowest BCUT2D eigenvalue weighted by atomic mass is 9.93. The lowest BCUT2D eigenvalue weighted by Gasteiger charge is -2.33. The minimum Gasteiger partial charge on any atom is -0.507 e. The van der Waals surface area contributed by atoms with E-state index in [1.165, 1.54) is 19.3 Å². The Hall–Kier alpha value is -1.51. The van der Waals surface area contributed by atoms with Crippen LogP contribution in [-0.4, -0.2) is 28.5 Å². The summed E-state index contributed by atoms with van der Waals surface area (Å²) in [6.07, 6.45) is 5.86. The van der Waals surface area contributed by atoms with Crippen LogP contribution in [0.3, 0.4) is 0 Å². The van der Waals surface area contributed by atoms with E-state index in [1.54, 1.807) is 6.07 Å². The Bertz CT molecular complexity index is 450. The first-order chi connectivity index (χ1) is 9.15. The van der Waals surface area contributed by atoms with Gasteiger partial charge in [-0.2, -0.15) is 0 Å². The third kappa shape index (κ3) is 2.91. The summed E-state index contributed by atoms with van der Waals surface area (Å²) in [7, 11) is 0. The molecule has 2 rings (SSSR count). The SMILES string of the molecule is CCN(C(=O)c1cccc(C)c1O)C1CCCCC1. The first kappa shape index (κ1) is 13.9. The smallest absolute Gasteiger partial charge is 0.257 e. The summed E-state index contributed by atoms with van der Waals surface area (Å²) < 4.78 is 0. The third-order valence-corrected chi connectivity index (χ3v) is 4.09. The standard InChI is InChI=1S/C16H23NO2/c1-3-17(13-9-5-4-6-10-13)16(19)14-11-7-8-12(2)15(14)18/h7-8,11,13,18H,3-6,9-10H2,1-2H3. The molecule has 3 heteroatoms. The Morgan fingerprint density at radius 3 is 2.63 bits per heavy atom. The maximum absolute atomic E-state index is 12.6. The maximum atomic E-state index is 12.6. The highest BCUT2D eigenvalue weighted by molar-refractivity contribution is 5.97. The van der Waals surface area contributed by atoms with Gasteiger partial charge in [0.15, 0.2) is 0 Å². The number of carbonyl (C=O) groups is 1. The summed E-state index contributed by atoms with van der Waals surface area (Å²) in [6.45, 7) is 4.54. The maximum Gasteiger partial charge on any atom is 0.257 e. The second kappa shape index (κ2) is 6.09.